The van der Waals surface area contributed by atoms with Crippen molar-refractivity contribution in [2.45, 2.75) is 31.3 Å². The van der Waals surface area contributed by atoms with Crippen LogP contribution < -0.4 is 5.32 Å². The third-order valence-corrected chi connectivity index (χ3v) is 4.90. The highest BCUT2D eigenvalue weighted by Crippen LogP contribution is 2.36. The molecule has 3 aromatic rings. The predicted molar refractivity (Wildman–Crippen MR) is 97.7 cm³/mol. The van der Waals surface area contributed by atoms with Crippen LogP contribution in [0.3, 0.4) is 0 Å². The van der Waals surface area contributed by atoms with E-state index >= 15 is 0 Å². The lowest BCUT2D eigenvalue weighted by Crippen LogP contribution is -2.44. The summed E-state index contributed by atoms with van der Waals surface area (Å²) in [6.45, 7) is 0.766. The van der Waals surface area contributed by atoms with E-state index in [4.69, 9.17) is 0 Å². The summed E-state index contributed by atoms with van der Waals surface area (Å²) in [5, 5.41) is 11.7. The molecule has 0 spiro atoms. The molecule has 0 bridgehead atoms. The van der Waals surface area contributed by atoms with E-state index < -0.39 is 0 Å². The normalized spacial score (nSPS) is 19.7. The van der Waals surface area contributed by atoms with E-state index in [-0.39, 0.29) is 11.9 Å². The van der Waals surface area contributed by atoms with Crippen LogP contribution in [0.4, 0.5) is 0 Å². The highest BCUT2D eigenvalue weighted by Gasteiger charge is 2.35. The number of hydrogen-bond acceptors (Lipinski definition) is 5. The molecule has 1 aliphatic rings. The summed E-state index contributed by atoms with van der Waals surface area (Å²) < 4.78 is 2.07. The number of H-pyrrole nitrogens is 1. The van der Waals surface area contributed by atoms with E-state index in [1.54, 1.807) is 0 Å². The summed E-state index contributed by atoms with van der Waals surface area (Å²) >= 11 is 0. The second kappa shape index (κ2) is 6.53. The van der Waals surface area contributed by atoms with Gasteiger partial charge in [-0.1, -0.05) is 12.1 Å². The Kier molecular flexibility index (Phi) is 4.20. The van der Waals surface area contributed by atoms with Gasteiger partial charge < -0.3 is 19.8 Å². The van der Waals surface area contributed by atoms with Crippen molar-refractivity contribution in [1.82, 2.24) is 34.9 Å². The Hall–Kier alpha value is -2.74. The van der Waals surface area contributed by atoms with Crippen molar-refractivity contribution in [2.24, 2.45) is 7.05 Å². The maximum Gasteiger partial charge on any atom is 0.287 e. The van der Waals surface area contributed by atoms with Crippen molar-refractivity contribution < 1.29 is 4.79 Å². The van der Waals surface area contributed by atoms with Crippen LogP contribution in [-0.4, -0.2) is 55.7 Å². The minimum Gasteiger partial charge on any atom is -0.347 e. The lowest BCUT2D eigenvalue weighted by atomic mass is 9.79. The Morgan fingerprint density at radius 2 is 2.08 bits per heavy atom. The van der Waals surface area contributed by atoms with Crippen LogP contribution in [0.1, 0.15) is 41.0 Å². The number of benzene rings is 1. The van der Waals surface area contributed by atoms with Gasteiger partial charge in [-0.2, -0.15) is 0 Å². The summed E-state index contributed by atoms with van der Waals surface area (Å²) in [5.74, 6) is 2.50. The molecule has 1 saturated carbocycles. The Balaban J connectivity index is 1.36. The molecule has 1 fully saturated rings. The lowest BCUT2D eigenvalue weighted by molar-refractivity contribution is 0.0897. The number of para-hydroxylation sites is 2. The van der Waals surface area contributed by atoms with Gasteiger partial charge in [0.05, 0.1) is 17.6 Å². The first-order chi connectivity index (χ1) is 12.5. The fraction of sp³-hybridized carbons (Fsp3) is 0.444. The molecule has 8 nitrogen and oxygen atoms in total. The number of fused-ring (bicyclic) bond motifs is 1. The highest BCUT2D eigenvalue weighted by molar-refractivity contribution is 5.94. The van der Waals surface area contributed by atoms with Gasteiger partial charge in [0.15, 0.2) is 5.82 Å². The molecule has 4 rings (SSSR count). The Labute approximate surface area is 151 Å². The van der Waals surface area contributed by atoms with Crippen LogP contribution in [0.2, 0.25) is 0 Å². The van der Waals surface area contributed by atoms with Gasteiger partial charge in [0.1, 0.15) is 11.6 Å². The van der Waals surface area contributed by atoms with E-state index in [1.165, 1.54) is 0 Å². The molecule has 1 aliphatic carbocycles. The number of aromatic nitrogens is 5. The summed E-state index contributed by atoms with van der Waals surface area (Å²) in [5.41, 5.74) is 1.67. The number of carbonyl (C=O) groups is 1. The van der Waals surface area contributed by atoms with Gasteiger partial charge in [0.2, 0.25) is 0 Å². The number of imidazole rings is 1. The Morgan fingerprint density at radius 3 is 2.81 bits per heavy atom. The summed E-state index contributed by atoms with van der Waals surface area (Å²) in [6, 6.07) is 7.78. The zero-order valence-electron chi connectivity index (χ0n) is 15.2. The maximum absolute atomic E-state index is 12.4. The maximum atomic E-state index is 12.4. The smallest absolute Gasteiger partial charge is 0.287 e. The molecule has 0 atom stereocenters. The summed E-state index contributed by atoms with van der Waals surface area (Å²) in [7, 11) is 6.04. The summed E-state index contributed by atoms with van der Waals surface area (Å²) in [4.78, 5) is 21.9. The van der Waals surface area contributed by atoms with Crippen molar-refractivity contribution in [3.63, 3.8) is 0 Å². The van der Waals surface area contributed by atoms with Gasteiger partial charge in [-0.05, 0) is 39.1 Å². The number of nitrogens with one attached hydrogen (secondary N) is 2. The minimum atomic E-state index is -0.157. The third-order valence-electron chi connectivity index (χ3n) is 4.90. The fourth-order valence-corrected chi connectivity index (χ4v) is 3.41. The molecule has 2 heterocycles. The van der Waals surface area contributed by atoms with Crippen LogP contribution in [0.15, 0.2) is 24.3 Å². The van der Waals surface area contributed by atoms with Crippen LogP contribution in [0, 0.1) is 0 Å². The predicted octanol–water partition coefficient (Wildman–Crippen LogP) is 1.43. The first-order valence-electron chi connectivity index (χ1n) is 8.79. The average Bonchev–Trinajstić information content (AvgIpc) is 3.15. The van der Waals surface area contributed by atoms with Gasteiger partial charge in [-0.3, -0.25) is 4.79 Å². The molecule has 1 aromatic carbocycles. The first kappa shape index (κ1) is 16.7. The van der Waals surface area contributed by atoms with Crippen molar-refractivity contribution in [1.29, 1.82) is 0 Å². The van der Waals surface area contributed by atoms with Crippen LogP contribution in [-0.2, 0) is 13.6 Å². The number of carbonyl (C=O) groups excluding carboxylic acids is 1. The number of rotatable bonds is 5. The first-order valence-corrected chi connectivity index (χ1v) is 8.79. The fourth-order valence-electron chi connectivity index (χ4n) is 3.41. The summed E-state index contributed by atoms with van der Waals surface area (Å²) in [6.07, 6.45) is 1.75. The molecular weight excluding hydrogens is 330 g/mol. The van der Waals surface area contributed by atoms with E-state index in [9.17, 15) is 4.79 Å². The standard InChI is InChI=1S/C18H23N7O/c1-24(2)10-15-22-23-17(25(15)3)11-8-12(9-11)19-18(26)16-20-13-6-4-5-7-14(13)21-16/h4-7,11-12H,8-10H2,1-3H3,(H,19,26)(H,20,21). The Morgan fingerprint density at radius 1 is 1.31 bits per heavy atom. The Bertz CT molecular complexity index is 903. The molecule has 26 heavy (non-hydrogen) atoms. The second-order valence-corrected chi connectivity index (χ2v) is 7.21. The van der Waals surface area contributed by atoms with Crippen molar-refractivity contribution in [3.05, 3.63) is 41.7 Å². The lowest BCUT2D eigenvalue weighted by Gasteiger charge is -2.34. The largest absolute Gasteiger partial charge is 0.347 e. The second-order valence-electron chi connectivity index (χ2n) is 7.21. The van der Waals surface area contributed by atoms with E-state index in [0.717, 1.165) is 42.1 Å². The van der Waals surface area contributed by atoms with Gasteiger partial charge in [-0.25, -0.2) is 4.98 Å². The minimum absolute atomic E-state index is 0.148. The van der Waals surface area contributed by atoms with E-state index in [2.05, 4.69) is 34.9 Å². The molecule has 1 amide bonds. The zero-order valence-corrected chi connectivity index (χ0v) is 15.2. The number of amides is 1. The van der Waals surface area contributed by atoms with Crippen LogP contribution in [0.25, 0.3) is 11.0 Å². The van der Waals surface area contributed by atoms with Gasteiger partial charge in [-0.15, -0.1) is 10.2 Å². The molecule has 0 aliphatic heterocycles. The monoisotopic (exact) mass is 353 g/mol. The van der Waals surface area contributed by atoms with Gasteiger partial charge in [0, 0.05) is 19.0 Å². The molecule has 2 N–H and O–H groups in total. The SMILES string of the molecule is CN(C)Cc1nnc(C2CC(NC(=O)c3nc4ccccc4[nH]3)C2)n1C. The average molecular weight is 353 g/mol. The zero-order chi connectivity index (χ0) is 18.3. The quantitative estimate of drug-likeness (QED) is 0.724. The molecule has 136 valence electrons. The van der Waals surface area contributed by atoms with E-state index in [1.807, 2.05) is 45.4 Å². The van der Waals surface area contributed by atoms with Gasteiger partial charge >= 0.3 is 0 Å². The molecule has 0 unspecified atom stereocenters. The van der Waals surface area contributed by atoms with Gasteiger partial charge in [0.25, 0.3) is 5.91 Å². The van der Waals surface area contributed by atoms with E-state index in [0.29, 0.717) is 11.7 Å². The molecular formula is C18H23N7O. The van der Waals surface area contributed by atoms with Crippen molar-refractivity contribution in [3.8, 4) is 0 Å². The van der Waals surface area contributed by atoms with Crippen molar-refractivity contribution in [2.75, 3.05) is 14.1 Å². The third kappa shape index (κ3) is 3.08. The highest BCUT2D eigenvalue weighted by atomic mass is 16.2. The topological polar surface area (TPSA) is 91.7 Å². The molecule has 0 radical (unpaired) electrons. The number of aromatic amines is 1. The van der Waals surface area contributed by atoms with Crippen LogP contribution in [0.5, 0.6) is 0 Å². The number of nitrogens with zero attached hydrogens (tertiary/aromatic N) is 5. The van der Waals surface area contributed by atoms with Crippen LogP contribution >= 0.6 is 0 Å². The number of hydrogen-bond donors (Lipinski definition) is 2. The van der Waals surface area contributed by atoms with Crippen molar-refractivity contribution >= 4 is 16.9 Å². The molecule has 2 aromatic heterocycles. The molecule has 8 heteroatoms. The molecule has 0 saturated heterocycles.